The smallest absolute Gasteiger partial charge is 0.307 e. The van der Waals surface area contributed by atoms with E-state index in [0.717, 1.165) is 4.57 Å². The molecule has 9 nitrogen and oxygen atoms in total. The maximum atomic E-state index is 13.3. The van der Waals surface area contributed by atoms with Crippen LogP contribution in [0.3, 0.4) is 0 Å². The monoisotopic (exact) mass is 435 g/mol. The van der Waals surface area contributed by atoms with Gasteiger partial charge in [-0.05, 0) is 37.0 Å². The number of rotatable bonds is 7. The first-order chi connectivity index (χ1) is 14.2. The lowest BCUT2D eigenvalue weighted by Crippen LogP contribution is -2.39. The molecule has 11 heteroatoms. The van der Waals surface area contributed by atoms with E-state index in [1.54, 1.807) is 31.0 Å². The largest absolute Gasteiger partial charge is 0.329 e. The SMILES string of the molecule is CCc1c(S(=O)(=O)NC2(CF)CC2)ccc2[nH]c(=O)n(Cc3cnn(C)c3)c(=O)c12. The van der Waals surface area contributed by atoms with Crippen LogP contribution in [0.1, 0.15) is 30.9 Å². The first-order valence-electron chi connectivity index (χ1n) is 9.56. The van der Waals surface area contributed by atoms with Crippen LogP contribution < -0.4 is 16.0 Å². The molecule has 1 aliphatic carbocycles. The van der Waals surface area contributed by atoms with Crippen molar-refractivity contribution in [3.05, 3.63) is 56.5 Å². The van der Waals surface area contributed by atoms with Gasteiger partial charge >= 0.3 is 5.69 Å². The van der Waals surface area contributed by atoms with Crippen LogP contribution in [-0.2, 0) is 30.0 Å². The minimum absolute atomic E-state index is 0.00128. The number of fused-ring (bicyclic) bond motifs is 1. The van der Waals surface area contributed by atoms with Gasteiger partial charge in [0.15, 0.2) is 0 Å². The van der Waals surface area contributed by atoms with Crippen molar-refractivity contribution in [2.24, 2.45) is 7.05 Å². The molecule has 4 rings (SSSR count). The van der Waals surface area contributed by atoms with Crippen LogP contribution >= 0.6 is 0 Å². The minimum Gasteiger partial charge on any atom is -0.307 e. The summed E-state index contributed by atoms with van der Waals surface area (Å²) in [5, 5.41) is 4.17. The summed E-state index contributed by atoms with van der Waals surface area (Å²) in [6.45, 7) is 0.944. The molecule has 2 aromatic heterocycles. The number of halogens is 1. The summed E-state index contributed by atoms with van der Waals surface area (Å²) in [5.41, 5.74) is -1.03. The van der Waals surface area contributed by atoms with E-state index in [4.69, 9.17) is 0 Å². The third-order valence-corrected chi connectivity index (χ3v) is 7.08. The molecular formula is C19H22FN5O4S. The van der Waals surface area contributed by atoms with Crippen LogP contribution in [0.5, 0.6) is 0 Å². The van der Waals surface area contributed by atoms with Gasteiger partial charge in [0.2, 0.25) is 10.0 Å². The third kappa shape index (κ3) is 3.47. The van der Waals surface area contributed by atoms with Crippen molar-refractivity contribution in [2.75, 3.05) is 6.67 Å². The van der Waals surface area contributed by atoms with Gasteiger partial charge in [-0.15, -0.1) is 0 Å². The summed E-state index contributed by atoms with van der Waals surface area (Å²) >= 11 is 0. The van der Waals surface area contributed by atoms with Crippen molar-refractivity contribution in [3.63, 3.8) is 0 Å². The second-order valence-corrected chi connectivity index (χ2v) is 9.33. The van der Waals surface area contributed by atoms with Crippen LogP contribution in [0.15, 0.2) is 39.0 Å². The number of benzene rings is 1. The Balaban J connectivity index is 1.89. The summed E-state index contributed by atoms with van der Waals surface area (Å²) in [4.78, 5) is 28.3. The molecule has 1 aliphatic rings. The Labute approximate surface area is 171 Å². The zero-order valence-electron chi connectivity index (χ0n) is 16.6. The molecule has 30 heavy (non-hydrogen) atoms. The Morgan fingerprint density at radius 1 is 1.30 bits per heavy atom. The summed E-state index contributed by atoms with van der Waals surface area (Å²) in [5.74, 6) is 0. The number of nitrogens with zero attached hydrogens (tertiary/aromatic N) is 3. The Hall–Kier alpha value is -2.79. The molecule has 1 fully saturated rings. The standard InChI is InChI=1S/C19H22FN5O4S/c1-3-13-15(30(28,29)23-19(11-20)6-7-19)5-4-14-16(13)17(26)25(18(27)22-14)10-12-8-21-24(2)9-12/h4-5,8-9,23H,3,6-7,10-11H2,1-2H3,(H,22,27). The number of hydrogen-bond acceptors (Lipinski definition) is 5. The van der Waals surface area contributed by atoms with Crippen molar-refractivity contribution in [1.29, 1.82) is 0 Å². The van der Waals surface area contributed by atoms with E-state index >= 15 is 0 Å². The van der Waals surface area contributed by atoms with Crippen LogP contribution in [0.2, 0.25) is 0 Å². The van der Waals surface area contributed by atoms with Gasteiger partial charge in [-0.2, -0.15) is 5.10 Å². The molecule has 0 aliphatic heterocycles. The van der Waals surface area contributed by atoms with Gasteiger partial charge in [0.05, 0.1) is 34.1 Å². The summed E-state index contributed by atoms with van der Waals surface area (Å²) in [6, 6.07) is 2.74. The molecule has 3 aromatic rings. The molecule has 1 saturated carbocycles. The van der Waals surface area contributed by atoms with Crippen molar-refractivity contribution in [2.45, 2.75) is 43.2 Å². The summed E-state index contributed by atoms with van der Waals surface area (Å²) in [7, 11) is -2.32. The van der Waals surface area contributed by atoms with Crippen LogP contribution in [0.4, 0.5) is 4.39 Å². The Bertz CT molecular complexity index is 1350. The van der Waals surface area contributed by atoms with E-state index in [1.165, 1.54) is 12.1 Å². The highest BCUT2D eigenvalue weighted by Crippen LogP contribution is 2.37. The summed E-state index contributed by atoms with van der Waals surface area (Å²) in [6.07, 6.45) is 4.34. The molecule has 0 atom stereocenters. The molecule has 0 saturated heterocycles. The van der Waals surface area contributed by atoms with Crippen molar-refractivity contribution in [3.8, 4) is 0 Å². The lowest BCUT2D eigenvalue weighted by Gasteiger charge is -2.17. The molecule has 160 valence electrons. The van der Waals surface area contributed by atoms with Gasteiger partial charge in [0.1, 0.15) is 6.67 Å². The van der Waals surface area contributed by atoms with Crippen LogP contribution in [0, 0.1) is 0 Å². The maximum absolute atomic E-state index is 13.3. The molecule has 0 bridgehead atoms. The van der Waals surface area contributed by atoms with Crippen molar-refractivity contribution >= 4 is 20.9 Å². The van der Waals surface area contributed by atoms with Gasteiger partial charge in [-0.25, -0.2) is 22.3 Å². The predicted octanol–water partition coefficient (Wildman–Crippen LogP) is 0.814. The Morgan fingerprint density at radius 2 is 2.03 bits per heavy atom. The van der Waals surface area contributed by atoms with Crippen LogP contribution in [0.25, 0.3) is 10.9 Å². The molecule has 2 heterocycles. The zero-order valence-corrected chi connectivity index (χ0v) is 17.4. The first kappa shape index (κ1) is 20.5. The molecule has 0 amide bonds. The number of aromatic amines is 1. The van der Waals surface area contributed by atoms with Crippen molar-refractivity contribution in [1.82, 2.24) is 24.1 Å². The van der Waals surface area contributed by atoms with E-state index in [9.17, 15) is 22.4 Å². The summed E-state index contributed by atoms with van der Waals surface area (Å²) < 4.78 is 44.2. The van der Waals surface area contributed by atoms with Gasteiger partial charge in [0, 0.05) is 18.8 Å². The van der Waals surface area contributed by atoms with E-state index < -0.39 is 33.5 Å². The Kier molecular flexibility index (Phi) is 4.89. The second-order valence-electron chi connectivity index (χ2n) is 7.68. The van der Waals surface area contributed by atoms with Crippen molar-refractivity contribution < 1.29 is 12.8 Å². The quantitative estimate of drug-likeness (QED) is 0.569. The molecule has 2 N–H and O–H groups in total. The number of alkyl halides is 1. The van der Waals surface area contributed by atoms with Gasteiger partial charge < -0.3 is 4.98 Å². The Morgan fingerprint density at radius 3 is 2.60 bits per heavy atom. The van der Waals surface area contributed by atoms with Crippen LogP contribution in [-0.4, -0.2) is 40.0 Å². The number of nitrogens with one attached hydrogen (secondary N) is 2. The lowest BCUT2D eigenvalue weighted by atomic mass is 10.1. The number of sulfonamides is 1. The number of aryl methyl sites for hydroxylation is 2. The molecule has 0 spiro atoms. The maximum Gasteiger partial charge on any atom is 0.329 e. The van der Waals surface area contributed by atoms with Gasteiger partial charge in [-0.1, -0.05) is 6.92 Å². The highest BCUT2D eigenvalue weighted by Gasteiger charge is 2.46. The highest BCUT2D eigenvalue weighted by atomic mass is 32.2. The molecule has 0 radical (unpaired) electrons. The highest BCUT2D eigenvalue weighted by molar-refractivity contribution is 7.89. The number of hydrogen-bond donors (Lipinski definition) is 2. The third-order valence-electron chi connectivity index (χ3n) is 5.42. The fraction of sp³-hybridized carbons (Fsp3) is 0.421. The number of H-pyrrole nitrogens is 1. The second kappa shape index (κ2) is 7.17. The van der Waals surface area contributed by atoms with Gasteiger partial charge in [-0.3, -0.25) is 14.0 Å². The fourth-order valence-electron chi connectivity index (χ4n) is 3.62. The average Bonchev–Trinajstić information content (AvgIpc) is 3.34. The van der Waals surface area contributed by atoms with E-state index in [-0.39, 0.29) is 34.3 Å². The lowest BCUT2D eigenvalue weighted by molar-refractivity contribution is 0.393. The zero-order chi connectivity index (χ0) is 21.7. The average molecular weight is 435 g/mol. The van der Waals surface area contributed by atoms with E-state index in [0.29, 0.717) is 18.4 Å². The first-order valence-corrected chi connectivity index (χ1v) is 11.0. The van der Waals surface area contributed by atoms with Gasteiger partial charge in [0.25, 0.3) is 5.56 Å². The van der Waals surface area contributed by atoms with E-state index in [1.807, 2.05) is 0 Å². The minimum atomic E-state index is -4.04. The molecule has 0 unspecified atom stereocenters. The molecule has 1 aromatic carbocycles. The predicted molar refractivity (Wildman–Crippen MR) is 109 cm³/mol. The fourth-order valence-corrected chi connectivity index (χ4v) is 5.38. The number of aromatic nitrogens is 4. The van der Waals surface area contributed by atoms with E-state index in [2.05, 4.69) is 14.8 Å². The normalized spacial score (nSPS) is 15.6. The molecular weight excluding hydrogens is 413 g/mol. The topological polar surface area (TPSA) is 119 Å².